The molecule has 0 spiro atoms. The van der Waals surface area contributed by atoms with Crippen molar-refractivity contribution in [3.05, 3.63) is 53.6 Å². The van der Waals surface area contributed by atoms with Crippen LogP contribution in [0.2, 0.25) is 0 Å². The van der Waals surface area contributed by atoms with Gasteiger partial charge in [-0.3, -0.25) is 9.69 Å². The Balaban J connectivity index is 1.31. The molecule has 4 rings (SSSR count). The first-order chi connectivity index (χ1) is 16.1. The molecule has 7 nitrogen and oxygen atoms in total. The average Bonchev–Trinajstić information content (AvgIpc) is 3.20. The predicted molar refractivity (Wildman–Crippen MR) is 128 cm³/mol. The maximum Gasteiger partial charge on any atom is 0.271 e. The molecule has 2 aromatic rings. The molecule has 33 heavy (non-hydrogen) atoms. The molecular formula is C25H34FN5O2. The lowest BCUT2D eigenvalue weighted by molar-refractivity contribution is 0.0744. The highest BCUT2D eigenvalue weighted by Crippen LogP contribution is 2.22. The second kappa shape index (κ2) is 10.8. The van der Waals surface area contributed by atoms with E-state index >= 15 is 0 Å². The van der Waals surface area contributed by atoms with Crippen molar-refractivity contribution in [2.45, 2.75) is 39.2 Å². The Morgan fingerprint density at radius 3 is 2.42 bits per heavy atom. The number of amides is 1. The number of oxime groups is 1. The Morgan fingerprint density at radius 2 is 1.73 bits per heavy atom. The van der Waals surface area contributed by atoms with Crippen LogP contribution >= 0.6 is 0 Å². The predicted octanol–water partition coefficient (Wildman–Crippen LogP) is 3.66. The second-order valence-electron chi connectivity index (χ2n) is 8.87. The van der Waals surface area contributed by atoms with Crippen LogP contribution in [0, 0.1) is 5.82 Å². The molecule has 178 valence electrons. The molecule has 8 heteroatoms. The molecule has 0 bridgehead atoms. The summed E-state index contributed by atoms with van der Waals surface area (Å²) in [6, 6.07) is 8.60. The van der Waals surface area contributed by atoms with E-state index in [-0.39, 0.29) is 11.7 Å². The number of unbranched alkanes of at least 4 members (excludes halogenated alkanes) is 1. The molecule has 0 aliphatic carbocycles. The lowest BCUT2D eigenvalue weighted by atomic mass is 10.1. The molecule has 1 N–H and O–H groups in total. The standard InChI is InChI=1S/C25H34FN5O2/c1-2-3-12-30-14-9-22-23(27-33)10-15-31(25(32)24(22)30)13-4-11-28-16-18-29(19-17-28)21-7-5-20(26)6-8-21/h5-9,14,33H,2-4,10-13,15-19H2,1H3/b27-23+. The van der Waals surface area contributed by atoms with Crippen LogP contribution in [-0.2, 0) is 6.54 Å². The molecule has 1 aromatic carbocycles. The topological polar surface area (TPSA) is 64.3 Å². The average molecular weight is 456 g/mol. The van der Waals surface area contributed by atoms with Gasteiger partial charge in [0.25, 0.3) is 5.91 Å². The van der Waals surface area contributed by atoms with Crippen LogP contribution < -0.4 is 4.90 Å². The number of carbonyl (C=O) groups excluding carboxylic acids is 1. The Bertz CT molecular complexity index is 964. The summed E-state index contributed by atoms with van der Waals surface area (Å²) < 4.78 is 15.2. The fourth-order valence-corrected chi connectivity index (χ4v) is 4.77. The van der Waals surface area contributed by atoms with E-state index < -0.39 is 0 Å². The monoisotopic (exact) mass is 455 g/mol. The molecule has 1 amide bonds. The molecular weight excluding hydrogens is 421 g/mol. The SMILES string of the molecule is CCCCn1ccc2c1C(=O)N(CCCN1CCN(c3ccc(F)cc3)CC1)CC/C2=N\O. The van der Waals surface area contributed by atoms with Crippen molar-refractivity contribution in [3.8, 4) is 0 Å². The third kappa shape index (κ3) is 5.38. The summed E-state index contributed by atoms with van der Waals surface area (Å²) in [6.45, 7) is 8.86. The number of hydrogen-bond acceptors (Lipinski definition) is 5. The van der Waals surface area contributed by atoms with E-state index in [9.17, 15) is 14.4 Å². The van der Waals surface area contributed by atoms with Crippen LogP contribution in [0.25, 0.3) is 0 Å². The van der Waals surface area contributed by atoms with E-state index in [1.54, 1.807) is 0 Å². The molecule has 2 aliphatic rings. The van der Waals surface area contributed by atoms with Gasteiger partial charge in [-0.1, -0.05) is 18.5 Å². The van der Waals surface area contributed by atoms with Gasteiger partial charge in [0.05, 0.1) is 5.71 Å². The molecule has 0 unspecified atom stereocenters. The summed E-state index contributed by atoms with van der Waals surface area (Å²) in [5.41, 5.74) is 3.07. The fraction of sp³-hybridized carbons (Fsp3) is 0.520. The van der Waals surface area contributed by atoms with Gasteiger partial charge in [0.15, 0.2) is 0 Å². The summed E-state index contributed by atoms with van der Waals surface area (Å²) in [4.78, 5) is 20.0. The van der Waals surface area contributed by atoms with Crippen LogP contribution in [0.15, 0.2) is 41.7 Å². The van der Waals surface area contributed by atoms with Gasteiger partial charge in [-0.2, -0.15) is 0 Å². The van der Waals surface area contributed by atoms with Crippen LogP contribution in [0.1, 0.15) is 48.7 Å². The van der Waals surface area contributed by atoms with Gasteiger partial charge in [0, 0.05) is 69.7 Å². The number of nitrogens with zero attached hydrogens (tertiary/aromatic N) is 5. The molecule has 3 heterocycles. The summed E-state index contributed by atoms with van der Waals surface area (Å²) in [5, 5.41) is 13.0. The van der Waals surface area contributed by atoms with Gasteiger partial charge in [-0.15, -0.1) is 0 Å². The number of benzene rings is 1. The quantitative estimate of drug-likeness (QED) is 0.487. The first-order valence-corrected chi connectivity index (χ1v) is 12.0. The smallest absolute Gasteiger partial charge is 0.271 e. The number of aryl methyl sites for hydroxylation is 1. The molecule has 1 saturated heterocycles. The normalized spacial score (nSPS) is 18.6. The first-order valence-electron chi connectivity index (χ1n) is 12.0. The van der Waals surface area contributed by atoms with Crippen molar-refractivity contribution >= 4 is 17.3 Å². The zero-order valence-corrected chi connectivity index (χ0v) is 19.4. The summed E-state index contributed by atoms with van der Waals surface area (Å²) >= 11 is 0. The fourth-order valence-electron chi connectivity index (χ4n) is 4.77. The van der Waals surface area contributed by atoms with Crippen molar-refractivity contribution in [2.24, 2.45) is 5.16 Å². The van der Waals surface area contributed by atoms with E-state index in [2.05, 4.69) is 21.9 Å². The highest BCUT2D eigenvalue weighted by molar-refractivity contribution is 6.11. The number of rotatable bonds is 8. The maximum absolute atomic E-state index is 13.4. The van der Waals surface area contributed by atoms with Crippen molar-refractivity contribution in [1.82, 2.24) is 14.4 Å². The number of hydrogen-bond donors (Lipinski definition) is 1. The van der Waals surface area contributed by atoms with Crippen LogP contribution in [0.5, 0.6) is 0 Å². The number of carbonyl (C=O) groups is 1. The number of piperazine rings is 1. The van der Waals surface area contributed by atoms with E-state index in [4.69, 9.17) is 0 Å². The van der Waals surface area contributed by atoms with E-state index in [1.807, 2.05) is 33.9 Å². The van der Waals surface area contributed by atoms with Crippen molar-refractivity contribution in [3.63, 3.8) is 0 Å². The highest BCUT2D eigenvalue weighted by Gasteiger charge is 2.29. The Labute approximate surface area is 195 Å². The molecule has 1 fully saturated rings. The molecule has 0 saturated carbocycles. The number of halogens is 1. The molecule has 2 aliphatic heterocycles. The third-order valence-electron chi connectivity index (χ3n) is 6.72. The Morgan fingerprint density at radius 1 is 0.970 bits per heavy atom. The maximum atomic E-state index is 13.4. The van der Waals surface area contributed by atoms with Crippen LogP contribution in [0.4, 0.5) is 10.1 Å². The third-order valence-corrected chi connectivity index (χ3v) is 6.72. The molecule has 0 atom stereocenters. The second-order valence-corrected chi connectivity index (χ2v) is 8.87. The van der Waals surface area contributed by atoms with Gasteiger partial charge in [-0.05, 0) is 49.7 Å². The van der Waals surface area contributed by atoms with Gasteiger partial charge in [0.2, 0.25) is 0 Å². The van der Waals surface area contributed by atoms with E-state index in [1.165, 1.54) is 12.1 Å². The Kier molecular flexibility index (Phi) is 7.65. The number of anilines is 1. The summed E-state index contributed by atoms with van der Waals surface area (Å²) in [5.74, 6) is -0.173. The van der Waals surface area contributed by atoms with Gasteiger partial charge < -0.3 is 19.6 Å². The summed E-state index contributed by atoms with van der Waals surface area (Å²) in [7, 11) is 0. The van der Waals surface area contributed by atoms with Crippen molar-refractivity contribution < 1.29 is 14.4 Å². The first kappa shape index (κ1) is 23.3. The van der Waals surface area contributed by atoms with E-state index in [0.29, 0.717) is 30.9 Å². The summed E-state index contributed by atoms with van der Waals surface area (Å²) in [6.07, 6.45) is 5.46. The molecule has 0 radical (unpaired) electrons. The van der Waals surface area contributed by atoms with Gasteiger partial charge >= 0.3 is 0 Å². The number of fused-ring (bicyclic) bond motifs is 1. The zero-order chi connectivity index (χ0) is 23.2. The minimum absolute atomic E-state index is 0.0332. The number of aromatic nitrogens is 1. The van der Waals surface area contributed by atoms with E-state index in [0.717, 1.165) is 69.8 Å². The van der Waals surface area contributed by atoms with Gasteiger partial charge in [0.1, 0.15) is 11.5 Å². The molecule has 1 aromatic heterocycles. The Hall–Kier alpha value is -2.87. The largest absolute Gasteiger partial charge is 0.411 e. The minimum atomic E-state index is -0.206. The van der Waals surface area contributed by atoms with Crippen LogP contribution in [0.3, 0.4) is 0 Å². The lowest BCUT2D eigenvalue weighted by Crippen LogP contribution is -2.47. The van der Waals surface area contributed by atoms with Gasteiger partial charge in [-0.25, -0.2) is 4.39 Å². The minimum Gasteiger partial charge on any atom is -0.411 e. The highest BCUT2D eigenvalue weighted by atomic mass is 19.1. The lowest BCUT2D eigenvalue weighted by Gasteiger charge is -2.36. The van der Waals surface area contributed by atoms with Crippen molar-refractivity contribution in [2.75, 3.05) is 50.7 Å². The van der Waals surface area contributed by atoms with Crippen LogP contribution in [-0.4, -0.2) is 77.0 Å². The van der Waals surface area contributed by atoms with Crippen molar-refractivity contribution in [1.29, 1.82) is 0 Å². The zero-order valence-electron chi connectivity index (χ0n) is 19.4.